The van der Waals surface area contributed by atoms with Crippen LogP contribution in [0.5, 0.6) is 0 Å². The lowest BCUT2D eigenvalue weighted by Gasteiger charge is -2.33. The average Bonchev–Trinajstić information content (AvgIpc) is 2.34. The number of hydrogen-bond acceptors (Lipinski definition) is 3. The Labute approximate surface area is 113 Å². The van der Waals surface area contributed by atoms with Gasteiger partial charge in [0.25, 0.3) is 0 Å². The van der Waals surface area contributed by atoms with E-state index in [1.807, 2.05) is 6.07 Å². The van der Waals surface area contributed by atoms with Gasteiger partial charge in [0.15, 0.2) is 6.04 Å². The maximum Gasteiger partial charge on any atom is 0.331 e. The Morgan fingerprint density at radius 3 is 2.78 bits per heavy atom. The largest absolute Gasteiger partial charge is 0.479 e. The molecule has 1 heterocycles. The number of nitrogens with one attached hydrogen (secondary N) is 1. The summed E-state index contributed by atoms with van der Waals surface area (Å²) in [6.45, 7) is 1.20. The molecule has 18 heavy (non-hydrogen) atoms. The number of hydrogen-bond donors (Lipinski definition) is 2. The van der Waals surface area contributed by atoms with Gasteiger partial charge in [-0.2, -0.15) is 0 Å². The fraction of sp³-hybridized carbons (Fsp3) is 0.333. The van der Waals surface area contributed by atoms with Crippen LogP contribution in [-0.4, -0.2) is 41.5 Å². The van der Waals surface area contributed by atoms with Gasteiger partial charge in [-0.3, -0.25) is 4.79 Å². The average molecular weight is 313 g/mol. The molecule has 6 heteroatoms. The zero-order valence-corrected chi connectivity index (χ0v) is 11.2. The van der Waals surface area contributed by atoms with E-state index in [0.717, 1.165) is 0 Å². The van der Waals surface area contributed by atoms with Crippen LogP contribution in [0.15, 0.2) is 28.7 Å². The minimum Gasteiger partial charge on any atom is -0.479 e. The molecule has 1 aliphatic rings. The molecule has 1 aromatic rings. The summed E-state index contributed by atoms with van der Waals surface area (Å²) in [6, 6.07) is 6.14. The van der Waals surface area contributed by atoms with Crippen molar-refractivity contribution < 1.29 is 14.7 Å². The number of rotatable bonds is 3. The maximum absolute atomic E-state index is 11.8. The zero-order chi connectivity index (χ0) is 13.1. The van der Waals surface area contributed by atoms with Crippen molar-refractivity contribution in [2.45, 2.75) is 6.04 Å². The molecule has 1 fully saturated rings. The number of carboxylic acid groups (broad SMARTS) is 1. The van der Waals surface area contributed by atoms with Crippen LogP contribution in [0.25, 0.3) is 0 Å². The first-order valence-electron chi connectivity index (χ1n) is 5.58. The van der Waals surface area contributed by atoms with Crippen LogP contribution in [0.2, 0.25) is 0 Å². The van der Waals surface area contributed by atoms with Crippen LogP contribution in [0.3, 0.4) is 0 Å². The molecule has 5 nitrogen and oxygen atoms in total. The third kappa shape index (κ3) is 2.54. The van der Waals surface area contributed by atoms with Crippen molar-refractivity contribution in [1.82, 2.24) is 10.2 Å². The molecular weight excluding hydrogens is 300 g/mol. The Morgan fingerprint density at radius 1 is 1.44 bits per heavy atom. The van der Waals surface area contributed by atoms with E-state index in [4.69, 9.17) is 0 Å². The molecule has 0 bridgehead atoms. The van der Waals surface area contributed by atoms with E-state index >= 15 is 0 Å². The van der Waals surface area contributed by atoms with Crippen molar-refractivity contribution >= 4 is 27.8 Å². The van der Waals surface area contributed by atoms with Gasteiger partial charge < -0.3 is 15.3 Å². The van der Waals surface area contributed by atoms with E-state index in [0.29, 0.717) is 23.1 Å². The number of amides is 1. The van der Waals surface area contributed by atoms with Gasteiger partial charge in [0.1, 0.15) is 0 Å². The molecule has 1 aromatic carbocycles. The summed E-state index contributed by atoms with van der Waals surface area (Å²) < 4.78 is 0.698. The summed E-state index contributed by atoms with van der Waals surface area (Å²) >= 11 is 3.33. The van der Waals surface area contributed by atoms with Gasteiger partial charge in [-0.1, -0.05) is 34.1 Å². The lowest BCUT2D eigenvalue weighted by molar-refractivity contribution is -0.151. The first-order chi connectivity index (χ1) is 8.61. The second kappa shape index (κ2) is 5.49. The molecule has 2 N–H and O–H groups in total. The topological polar surface area (TPSA) is 69.6 Å². The molecule has 96 valence electrons. The zero-order valence-electron chi connectivity index (χ0n) is 9.60. The van der Waals surface area contributed by atoms with Gasteiger partial charge in [-0.25, -0.2) is 4.79 Å². The predicted octanol–water partition coefficient (Wildman–Crippen LogP) is 1.01. The smallest absolute Gasteiger partial charge is 0.331 e. The number of aliphatic carboxylic acids is 1. The number of carbonyl (C=O) groups excluding carboxylic acids is 1. The Balaban J connectivity index is 2.37. The van der Waals surface area contributed by atoms with E-state index in [1.54, 1.807) is 18.2 Å². The second-order valence-corrected chi connectivity index (χ2v) is 4.88. The summed E-state index contributed by atoms with van der Waals surface area (Å²) in [6.07, 6.45) is 0. The Hall–Kier alpha value is -1.40. The first kappa shape index (κ1) is 13.0. The van der Waals surface area contributed by atoms with Gasteiger partial charge >= 0.3 is 5.97 Å². The fourth-order valence-corrected chi connectivity index (χ4v) is 2.53. The molecule has 0 saturated carbocycles. The SMILES string of the molecule is O=C(O)C(c1ccccc1Br)N1CCNCC1=O. The van der Waals surface area contributed by atoms with Gasteiger partial charge in [0, 0.05) is 23.1 Å². The number of nitrogens with zero attached hydrogens (tertiary/aromatic N) is 1. The molecule has 0 spiro atoms. The van der Waals surface area contributed by atoms with Crippen LogP contribution >= 0.6 is 15.9 Å². The summed E-state index contributed by atoms with van der Waals surface area (Å²) in [4.78, 5) is 24.7. The molecule has 2 rings (SSSR count). The number of carbonyl (C=O) groups is 2. The second-order valence-electron chi connectivity index (χ2n) is 4.03. The Kier molecular flexibility index (Phi) is 3.98. The summed E-state index contributed by atoms with van der Waals surface area (Å²) in [5.74, 6) is -1.21. The minimum atomic E-state index is -1.02. The van der Waals surface area contributed by atoms with E-state index in [1.165, 1.54) is 4.90 Å². The van der Waals surface area contributed by atoms with E-state index in [9.17, 15) is 14.7 Å². The van der Waals surface area contributed by atoms with E-state index in [2.05, 4.69) is 21.2 Å². The molecule has 1 atom stereocenters. The van der Waals surface area contributed by atoms with Crippen molar-refractivity contribution in [3.05, 3.63) is 34.3 Å². The van der Waals surface area contributed by atoms with Crippen molar-refractivity contribution in [2.75, 3.05) is 19.6 Å². The summed E-state index contributed by atoms with van der Waals surface area (Å²) in [5.41, 5.74) is 0.597. The predicted molar refractivity (Wildman–Crippen MR) is 69.1 cm³/mol. The Morgan fingerprint density at radius 2 is 2.17 bits per heavy atom. The lowest BCUT2D eigenvalue weighted by atomic mass is 10.0. The number of halogens is 1. The molecule has 0 radical (unpaired) electrons. The van der Waals surface area contributed by atoms with Crippen molar-refractivity contribution in [2.24, 2.45) is 0 Å². The minimum absolute atomic E-state index is 0.189. The first-order valence-corrected chi connectivity index (χ1v) is 6.38. The highest BCUT2D eigenvalue weighted by molar-refractivity contribution is 9.10. The van der Waals surface area contributed by atoms with Crippen LogP contribution < -0.4 is 5.32 Å². The number of carboxylic acids is 1. The Bertz CT molecular complexity index is 478. The molecule has 1 unspecified atom stereocenters. The molecule has 1 saturated heterocycles. The van der Waals surface area contributed by atoms with Crippen LogP contribution in [0.1, 0.15) is 11.6 Å². The van der Waals surface area contributed by atoms with Crippen LogP contribution in [0.4, 0.5) is 0 Å². The quantitative estimate of drug-likeness (QED) is 0.874. The molecule has 0 aromatic heterocycles. The van der Waals surface area contributed by atoms with Gasteiger partial charge in [0.2, 0.25) is 5.91 Å². The van der Waals surface area contributed by atoms with Crippen molar-refractivity contribution in [3.8, 4) is 0 Å². The van der Waals surface area contributed by atoms with Gasteiger partial charge in [0.05, 0.1) is 6.54 Å². The standard InChI is InChI=1S/C12H13BrN2O3/c13-9-4-2-1-3-8(9)11(12(17)18)15-6-5-14-7-10(15)16/h1-4,11,14H,5-7H2,(H,17,18). The third-order valence-electron chi connectivity index (χ3n) is 2.87. The van der Waals surface area contributed by atoms with E-state index in [-0.39, 0.29) is 12.5 Å². The van der Waals surface area contributed by atoms with Gasteiger partial charge in [-0.15, -0.1) is 0 Å². The maximum atomic E-state index is 11.8. The highest BCUT2D eigenvalue weighted by Crippen LogP contribution is 2.28. The number of piperazine rings is 1. The normalized spacial score (nSPS) is 17.6. The summed E-state index contributed by atoms with van der Waals surface area (Å²) in [7, 11) is 0. The number of benzene rings is 1. The molecule has 1 amide bonds. The molecule has 1 aliphatic heterocycles. The molecule has 0 aliphatic carbocycles. The monoisotopic (exact) mass is 312 g/mol. The highest BCUT2D eigenvalue weighted by atomic mass is 79.9. The highest BCUT2D eigenvalue weighted by Gasteiger charge is 2.33. The summed E-state index contributed by atoms with van der Waals surface area (Å²) in [5, 5.41) is 12.3. The van der Waals surface area contributed by atoms with Crippen LogP contribution in [0, 0.1) is 0 Å². The van der Waals surface area contributed by atoms with Crippen LogP contribution in [-0.2, 0) is 9.59 Å². The molecular formula is C12H13BrN2O3. The van der Waals surface area contributed by atoms with Crippen molar-refractivity contribution in [1.29, 1.82) is 0 Å². The van der Waals surface area contributed by atoms with E-state index < -0.39 is 12.0 Å². The fourth-order valence-electron chi connectivity index (χ4n) is 2.03. The van der Waals surface area contributed by atoms with Crippen molar-refractivity contribution in [3.63, 3.8) is 0 Å². The lowest BCUT2D eigenvalue weighted by Crippen LogP contribution is -2.51. The van der Waals surface area contributed by atoms with Gasteiger partial charge in [-0.05, 0) is 6.07 Å². The third-order valence-corrected chi connectivity index (χ3v) is 3.59.